The Labute approximate surface area is 282 Å². The van der Waals surface area contributed by atoms with E-state index in [1.807, 2.05) is 0 Å². The maximum atomic E-state index is 8.75. The molecule has 8 bridgehead atoms. The summed E-state index contributed by atoms with van der Waals surface area (Å²) in [6.45, 7) is 13.0. The molecule has 0 atom stereocenters. The molecule has 0 amide bonds. The Hall–Kier alpha value is -3.31. The van der Waals surface area contributed by atoms with Gasteiger partial charge in [0.05, 0.1) is 11.7 Å². The minimum Gasteiger partial charge on any atom is -0.358 e. The van der Waals surface area contributed by atoms with Gasteiger partial charge in [0, 0.05) is 28.2 Å². The molecule has 11 heteroatoms. The molecule has 3 aromatic rings. The summed E-state index contributed by atoms with van der Waals surface area (Å²) in [6.07, 6.45) is 10.8. The molecule has 234 valence electrons. The van der Waals surface area contributed by atoms with Crippen LogP contribution in [-0.4, -0.2) is 51.1 Å². The summed E-state index contributed by atoms with van der Waals surface area (Å²) in [6, 6.07) is 0. The molecule has 10 nitrogen and oxygen atoms in total. The number of rotatable bonds is 12. The topological polar surface area (TPSA) is 153 Å². The number of H-pyrrole nitrogens is 1. The molecule has 4 N–H and O–H groups in total. The van der Waals surface area contributed by atoms with Crippen LogP contribution >= 0.6 is 0 Å². The van der Waals surface area contributed by atoms with Crippen LogP contribution in [0.1, 0.15) is 113 Å². The van der Waals surface area contributed by atoms with Crippen molar-refractivity contribution in [3.8, 4) is 0 Å². The number of nitrogens with one attached hydrogen (secondary N) is 4. The molecule has 0 aliphatic carbocycles. The standard InChI is InChI=1S/C34H46N10.Mg/c1-7-13-19-20(14-8-2)28-37-27(19)38-29-21(15-9-3)23(17-11-5)31(40-29)42-33-25(35)26(36)34(44-33)43-32-24(18-12-6)22(16-10-4)30(39-28)41-32;/h35-36,40H,7-18H2,1-6H3,(H-,37,38,39,42,43,44);/q-2;+2. The van der Waals surface area contributed by atoms with E-state index in [-0.39, 0.29) is 34.5 Å². The summed E-state index contributed by atoms with van der Waals surface area (Å²) >= 11 is 0. The second-order valence-corrected chi connectivity index (χ2v) is 11.7. The van der Waals surface area contributed by atoms with Gasteiger partial charge in [-0.25, -0.2) is 4.99 Å². The minimum atomic E-state index is 0. The fourth-order valence-electron chi connectivity index (χ4n) is 6.27. The number of nitrogens with zero attached hydrogens (tertiary/aromatic N) is 6. The zero-order chi connectivity index (χ0) is 31.4. The van der Waals surface area contributed by atoms with E-state index < -0.39 is 0 Å². The molecular formula is C34H46MgN10. The van der Waals surface area contributed by atoms with Crippen LogP contribution in [0.25, 0.3) is 0 Å². The van der Waals surface area contributed by atoms with Crippen molar-refractivity contribution in [1.29, 1.82) is 10.8 Å². The van der Waals surface area contributed by atoms with Gasteiger partial charge in [-0.3, -0.25) is 10.8 Å². The Morgan fingerprint density at radius 3 is 1.40 bits per heavy atom. The van der Waals surface area contributed by atoms with Crippen LogP contribution in [0, 0.1) is 10.8 Å². The van der Waals surface area contributed by atoms with Gasteiger partial charge in [0.1, 0.15) is 17.2 Å². The number of fused-ring (bicyclic) bond motifs is 8. The molecule has 2 aliphatic heterocycles. The van der Waals surface area contributed by atoms with Gasteiger partial charge in [-0.2, -0.15) is 0 Å². The number of hydrogen-bond donors (Lipinski definition) is 4. The van der Waals surface area contributed by atoms with Gasteiger partial charge in [0.15, 0.2) is 5.84 Å². The van der Waals surface area contributed by atoms with Gasteiger partial charge in [0.25, 0.3) is 0 Å². The van der Waals surface area contributed by atoms with E-state index in [2.05, 4.69) is 51.8 Å². The van der Waals surface area contributed by atoms with Crippen LogP contribution in [0.4, 0.5) is 23.3 Å². The van der Waals surface area contributed by atoms with E-state index in [0.717, 1.165) is 116 Å². The van der Waals surface area contributed by atoms with Crippen molar-refractivity contribution in [3.63, 3.8) is 0 Å². The predicted molar refractivity (Wildman–Crippen MR) is 184 cm³/mol. The maximum Gasteiger partial charge on any atom is 2.00 e. The molecule has 0 aromatic carbocycles. The van der Waals surface area contributed by atoms with E-state index in [0.29, 0.717) is 40.1 Å². The van der Waals surface area contributed by atoms with E-state index in [9.17, 15) is 0 Å². The second kappa shape index (κ2) is 15.3. The molecule has 5 heterocycles. The summed E-state index contributed by atoms with van der Waals surface area (Å²) < 4.78 is 0. The summed E-state index contributed by atoms with van der Waals surface area (Å²) in [7, 11) is 0. The van der Waals surface area contributed by atoms with Gasteiger partial charge >= 0.3 is 23.1 Å². The minimum absolute atomic E-state index is 0. The summed E-state index contributed by atoms with van der Waals surface area (Å²) in [5.41, 5.74) is 8.15. The number of aromatic amines is 1. The van der Waals surface area contributed by atoms with Crippen molar-refractivity contribution >= 4 is 69.4 Å². The molecular weight excluding hydrogens is 573 g/mol. The first-order chi connectivity index (χ1) is 21.4. The largest absolute Gasteiger partial charge is 2.00 e. The first kappa shape index (κ1) is 34.6. The van der Waals surface area contributed by atoms with Crippen LogP contribution in [0.15, 0.2) is 20.0 Å². The normalized spacial score (nSPS) is 14.0. The third-order valence-electron chi connectivity index (χ3n) is 8.24. The Kier molecular flexibility index (Phi) is 11.8. The average Bonchev–Trinajstić information content (AvgIpc) is 3.67. The van der Waals surface area contributed by atoms with Crippen molar-refractivity contribution in [1.82, 2.24) is 20.3 Å². The van der Waals surface area contributed by atoms with Crippen molar-refractivity contribution in [2.24, 2.45) is 20.0 Å². The molecule has 5 rings (SSSR count). The fourth-order valence-corrected chi connectivity index (χ4v) is 6.27. The average molecular weight is 619 g/mol. The molecule has 3 aromatic heterocycles. The van der Waals surface area contributed by atoms with Gasteiger partial charge in [-0.05, 0) is 66.3 Å². The molecule has 1 saturated heterocycles. The molecule has 45 heavy (non-hydrogen) atoms. The van der Waals surface area contributed by atoms with Crippen LogP contribution in [0.3, 0.4) is 0 Å². The molecule has 0 spiro atoms. The van der Waals surface area contributed by atoms with Crippen molar-refractivity contribution < 1.29 is 0 Å². The van der Waals surface area contributed by atoms with Crippen LogP contribution in [-0.2, 0) is 38.5 Å². The van der Waals surface area contributed by atoms with Gasteiger partial charge < -0.3 is 35.2 Å². The number of aromatic nitrogens is 3. The first-order valence-electron chi connectivity index (χ1n) is 16.5. The van der Waals surface area contributed by atoms with E-state index >= 15 is 0 Å². The zero-order valence-electron chi connectivity index (χ0n) is 27.9. The molecule has 0 saturated carbocycles. The fraction of sp³-hybridized carbons (Fsp3) is 0.529. The smallest absolute Gasteiger partial charge is 0.358 e. The third-order valence-corrected chi connectivity index (χ3v) is 8.24. The van der Waals surface area contributed by atoms with E-state index in [1.54, 1.807) is 0 Å². The Morgan fingerprint density at radius 2 is 0.889 bits per heavy atom. The summed E-state index contributed by atoms with van der Waals surface area (Å²) in [5, 5.41) is 20.7. The Morgan fingerprint density at radius 1 is 0.489 bits per heavy atom. The monoisotopic (exact) mass is 618 g/mol. The number of aliphatic imine (C=N–C) groups is 2. The summed E-state index contributed by atoms with van der Waals surface area (Å²) in [4.78, 5) is 33.8. The van der Waals surface area contributed by atoms with E-state index in [4.69, 9.17) is 40.8 Å². The summed E-state index contributed by atoms with van der Waals surface area (Å²) in [5.74, 6) is 3.25. The Bertz CT molecular complexity index is 1620. The van der Waals surface area contributed by atoms with Crippen LogP contribution in [0.5, 0.6) is 0 Å². The molecule has 2 aliphatic rings. The van der Waals surface area contributed by atoms with Gasteiger partial charge in [-0.1, -0.05) is 80.1 Å². The van der Waals surface area contributed by atoms with Crippen molar-refractivity contribution in [3.05, 3.63) is 44.4 Å². The molecule has 0 unspecified atom stereocenters. The van der Waals surface area contributed by atoms with Gasteiger partial charge in [0.2, 0.25) is 0 Å². The van der Waals surface area contributed by atoms with Crippen LogP contribution in [0.2, 0.25) is 0 Å². The second-order valence-electron chi connectivity index (χ2n) is 11.7. The van der Waals surface area contributed by atoms with Crippen molar-refractivity contribution in [2.45, 2.75) is 119 Å². The van der Waals surface area contributed by atoms with E-state index in [1.165, 1.54) is 0 Å². The third kappa shape index (κ3) is 6.79. The zero-order valence-corrected chi connectivity index (χ0v) is 29.3. The van der Waals surface area contributed by atoms with Crippen molar-refractivity contribution in [2.75, 3.05) is 0 Å². The quantitative estimate of drug-likeness (QED) is 0.187. The Balaban J connectivity index is 0.00000461. The maximum absolute atomic E-state index is 8.75. The predicted octanol–water partition coefficient (Wildman–Crippen LogP) is 5.88. The first-order valence-corrected chi connectivity index (χ1v) is 16.5. The van der Waals surface area contributed by atoms with Gasteiger partial charge in [-0.15, -0.1) is 0 Å². The number of hydrogen-bond acceptors (Lipinski definition) is 7. The molecule has 0 radical (unpaired) electrons. The van der Waals surface area contributed by atoms with Crippen LogP contribution < -0.4 is 26.3 Å². The molecule has 1 fully saturated rings. The SMILES string of the molecule is CCCc1c2[n-]c(c1CCC)N=c1[n-]c(c(CCC)c1CCC)=Nc1[nH]c(c(CCC)c1CCC)N=C1NC(=N2)C(=N)C1=N.[Mg+2]. The number of amidine groups is 2.